The second-order valence-corrected chi connectivity index (χ2v) is 4.52. The van der Waals surface area contributed by atoms with Gasteiger partial charge in [-0.05, 0) is 31.2 Å². The first-order valence-corrected chi connectivity index (χ1v) is 6.34. The van der Waals surface area contributed by atoms with Crippen molar-refractivity contribution in [2.75, 3.05) is 5.32 Å². The zero-order valence-electron chi connectivity index (χ0n) is 11.4. The summed E-state index contributed by atoms with van der Waals surface area (Å²) in [6.07, 6.45) is 3.45. The summed E-state index contributed by atoms with van der Waals surface area (Å²) in [5, 5.41) is 14.1. The zero-order chi connectivity index (χ0) is 15.2. The van der Waals surface area contributed by atoms with E-state index < -0.39 is 5.97 Å². The molecular weight excluding hydrogens is 274 g/mol. The molecule has 2 heterocycles. The van der Waals surface area contributed by atoms with Gasteiger partial charge in [-0.25, -0.2) is 14.6 Å². The fourth-order valence-electron chi connectivity index (χ4n) is 1.77. The Bertz CT molecular complexity index is 608. The molecule has 7 nitrogen and oxygen atoms in total. The van der Waals surface area contributed by atoms with Gasteiger partial charge in [0.1, 0.15) is 11.5 Å². The molecule has 1 atom stereocenters. The van der Waals surface area contributed by atoms with E-state index in [0.717, 1.165) is 5.76 Å². The lowest BCUT2D eigenvalue weighted by atomic mass is 10.2. The van der Waals surface area contributed by atoms with Crippen molar-refractivity contribution < 1.29 is 19.1 Å². The molecule has 7 heteroatoms. The number of aromatic carboxylic acids is 1. The predicted octanol–water partition coefficient (Wildman–Crippen LogP) is 2.13. The molecule has 0 aromatic carbocycles. The Hall–Kier alpha value is -2.83. The van der Waals surface area contributed by atoms with Gasteiger partial charge in [0, 0.05) is 12.5 Å². The molecule has 2 aromatic rings. The predicted molar refractivity (Wildman–Crippen MR) is 75.2 cm³/mol. The monoisotopic (exact) mass is 289 g/mol. The van der Waals surface area contributed by atoms with E-state index in [0.29, 0.717) is 12.1 Å². The fourth-order valence-corrected chi connectivity index (χ4v) is 1.77. The van der Waals surface area contributed by atoms with E-state index in [-0.39, 0.29) is 17.8 Å². The largest absolute Gasteiger partial charge is 0.477 e. The number of amides is 2. The van der Waals surface area contributed by atoms with Crippen LogP contribution in [0.15, 0.2) is 41.1 Å². The molecule has 0 aliphatic heterocycles. The SMILES string of the molecule is CC(Cc1ccco1)NC(=O)Nc1ccc(C(=O)O)nc1. The molecule has 2 aromatic heterocycles. The smallest absolute Gasteiger partial charge is 0.354 e. The summed E-state index contributed by atoms with van der Waals surface area (Å²) >= 11 is 0. The topological polar surface area (TPSA) is 104 Å². The Balaban J connectivity index is 1.84. The van der Waals surface area contributed by atoms with E-state index in [1.807, 2.05) is 13.0 Å². The highest BCUT2D eigenvalue weighted by molar-refractivity contribution is 5.90. The molecular formula is C14H15N3O4. The maximum Gasteiger partial charge on any atom is 0.354 e. The lowest BCUT2D eigenvalue weighted by Crippen LogP contribution is -2.37. The molecule has 0 aliphatic rings. The molecule has 2 amide bonds. The number of nitrogens with zero attached hydrogens (tertiary/aromatic N) is 1. The normalized spacial score (nSPS) is 11.7. The summed E-state index contributed by atoms with van der Waals surface area (Å²) in [6.45, 7) is 1.86. The molecule has 0 saturated carbocycles. The van der Waals surface area contributed by atoms with Gasteiger partial charge >= 0.3 is 12.0 Å². The van der Waals surface area contributed by atoms with Crippen molar-refractivity contribution in [3.63, 3.8) is 0 Å². The Morgan fingerprint density at radius 2 is 2.19 bits per heavy atom. The number of rotatable bonds is 5. The molecule has 0 bridgehead atoms. The molecule has 0 aliphatic carbocycles. The maximum atomic E-state index is 11.8. The van der Waals surface area contributed by atoms with Crippen molar-refractivity contribution in [2.45, 2.75) is 19.4 Å². The van der Waals surface area contributed by atoms with E-state index >= 15 is 0 Å². The third kappa shape index (κ3) is 4.34. The minimum absolute atomic E-state index is 0.0767. The van der Waals surface area contributed by atoms with Gasteiger partial charge in [-0.3, -0.25) is 0 Å². The third-order valence-electron chi connectivity index (χ3n) is 2.71. The molecule has 0 saturated heterocycles. The quantitative estimate of drug-likeness (QED) is 0.782. The number of carboxylic acids is 1. The van der Waals surface area contributed by atoms with Gasteiger partial charge in [0.25, 0.3) is 0 Å². The molecule has 0 fully saturated rings. The molecule has 0 radical (unpaired) electrons. The number of anilines is 1. The van der Waals surface area contributed by atoms with Crippen molar-refractivity contribution >= 4 is 17.7 Å². The van der Waals surface area contributed by atoms with Crippen molar-refractivity contribution in [3.05, 3.63) is 48.2 Å². The van der Waals surface area contributed by atoms with Crippen LogP contribution in [0.3, 0.4) is 0 Å². The molecule has 3 N–H and O–H groups in total. The van der Waals surface area contributed by atoms with Gasteiger partial charge in [-0.2, -0.15) is 0 Å². The van der Waals surface area contributed by atoms with Gasteiger partial charge in [-0.15, -0.1) is 0 Å². The second kappa shape index (κ2) is 6.56. The van der Waals surface area contributed by atoms with Crippen molar-refractivity contribution in [2.24, 2.45) is 0 Å². The highest BCUT2D eigenvalue weighted by Crippen LogP contribution is 2.07. The fraction of sp³-hybridized carbons (Fsp3) is 0.214. The summed E-state index contributed by atoms with van der Waals surface area (Å²) in [6, 6.07) is 5.93. The van der Waals surface area contributed by atoms with Crippen molar-refractivity contribution in [1.29, 1.82) is 0 Å². The summed E-state index contributed by atoms with van der Waals surface area (Å²) in [4.78, 5) is 26.1. The number of aromatic nitrogens is 1. The minimum atomic E-state index is -1.11. The third-order valence-corrected chi connectivity index (χ3v) is 2.71. The van der Waals surface area contributed by atoms with E-state index in [1.165, 1.54) is 18.3 Å². The zero-order valence-corrected chi connectivity index (χ0v) is 11.4. The van der Waals surface area contributed by atoms with Gasteiger partial charge in [0.15, 0.2) is 0 Å². The average Bonchev–Trinajstić information content (AvgIpc) is 2.91. The first-order chi connectivity index (χ1) is 10.0. The van der Waals surface area contributed by atoms with Crippen molar-refractivity contribution in [1.82, 2.24) is 10.3 Å². The molecule has 110 valence electrons. The first kappa shape index (κ1) is 14.6. The number of nitrogens with one attached hydrogen (secondary N) is 2. The number of pyridine rings is 1. The Kier molecular flexibility index (Phi) is 4.55. The van der Waals surface area contributed by atoms with Crippen LogP contribution >= 0.6 is 0 Å². The second-order valence-electron chi connectivity index (χ2n) is 4.52. The van der Waals surface area contributed by atoms with Crippen LogP contribution in [0.25, 0.3) is 0 Å². The summed E-state index contributed by atoms with van der Waals surface area (Å²) in [5.74, 6) is -0.326. The van der Waals surface area contributed by atoms with Crippen LogP contribution in [-0.2, 0) is 6.42 Å². The summed E-state index contributed by atoms with van der Waals surface area (Å²) < 4.78 is 5.20. The Morgan fingerprint density at radius 3 is 2.76 bits per heavy atom. The average molecular weight is 289 g/mol. The van der Waals surface area contributed by atoms with E-state index in [9.17, 15) is 9.59 Å². The molecule has 0 spiro atoms. The van der Waals surface area contributed by atoms with Gasteiger partial charge in [0.05, 0.1) is 18.1 Å². The molecule has 1 unspecified atom stereocenters. The molecule has 21 heavy (non-hydrogen) atoms. The number of hydrogen-bond donors (Lipinski definition) is 3. The number of carbonyl (C=O) groups is 2. The van der Waals surface area contributed by atoms with Crippen LogP contribution < -0.4 is 10.6 Å². The Morgan fingerprint density at radius 1 is 1.38 bits per heavy atom. The highest BCUT2D eigenvalue weighted by atomic mass is 16.4. The number of urea groups is 1. The number of hydrogen-bond acceptors (Lipinski definition) is 4. The van der Waals surface area contributed by atoms with Crippen molar-refractivity contribution in [3.8, 4) is 0 Å². The Labute approximate surface area is 121 Å². The van der Waals surface area contributed by atoms with Crippen LogP contribution in [0.5, 0.6) is 0 Å². The standard InChI is InChI=1S/C14H15N3O4/c1-9(7-11-3-2-6-21-11)16-14(20)17-10-4-5-12(13(18)19)15-8-10/h2-6,8-9H,7H2,1H3,(H,18,19)(H2,16,17,20). The van der Waals surface area contributed by atoms with E-state index in [4.69, 9.17) is 9.52 Å². The lowest BCUT2D eigenvalue weighted by molar-refractivity contribution is 0.0690. The van der Waals surface area contributed by atoms with Crippen LogP contribution in [0.4, 0.5) is 10.5 Å². The van der Waals surface area contributed by atoms with Crippen LogP contribution in [-0.4, -0.2) is 28.1 Å². The summed E-state index contributed by atoms with van der Waals surface area (Å²) in [7, 11) is 0. The minimum Gasteiger partial charge on any atom is -0.477 e. The molecule has 2 rings (SSSR count). The van der Waals surface area contributed by atoms with Crippen LogP contribution in [0.2, 0.25) is 0 Å². The number of carboxylic acid groups (broad SMARTS) is 1. The van der Waals surface area contributed by atoms with Crippen LogP contribution in [0.1, 0.15) is 23.2 Å². The number of furan rings is 1. The van der Waals surface area contributed by atoms with E-state index in [1.54, 1.807) is 12.3 Å². The number of carbonyl (C=O) groups excluding carboxylic acids is 1. The first-order valence-electron chi connectivity index (χ1n) is 6.34. The van der Waals surface area contributed by atoms with E-state index in [2.05, 4.69) is 15.6 Å². The highest BCUT2D eigenvalue weighted by Gasteiger charge is 2.10. The maximum absolute atomic E-state index is 11.8. The van der Waals surface area contributed by atoms with Gasteiger partial charge in [-0.1, -0.05) is 0 Å². The lowest BCUT2D eigenvalue weighted by Gasteiger charge is -2.13. The summed E-state index contributed by atoms with van der Waals surface area (Å²) in [5.41, 5.74) is 0.342. The van der Waals surface area contributed by atoms with Gasteiger partial charge in [0.2, 0.25) is 0 Å². The van der Waals surface area contributed by atoms with Crippen LogP contribution in [0, 0.1) is 0 Å². The van der Waals surface area contributed by atoms with Gasteiger partial charge < -0.3 is 20.2 Å².